The zero-order chi connectivity index (χ0) is 10.9. The maximum absolute atomic E-state index is 4.66. The highest BCUT2D eigenvalue weighted by Crippen LogP contribution is 2.06. The molecule has 15 heavy (non-hydrogen) atoms. The number of aromatic amines is 1. The fraction of sp³-hybridized carbons (Fsp3) is 0.364. The highest BCUT2D eigenvalue weighted by atomic mass is 16.5. The van der Waals surface area contributed by atoms with Crippen molar-refractivity contribution in [3.05, 3.63) is 30.5 Å². The molecule has 0 bridgehead atoms. The number of hydrogen-bond donors (Lipinski definition) is 1. The first-order valence-electron chi connectivity index (χ1n) is 4.74. The molecular weight excluding hydrogens is 192 g/mol. The zero-order valence-corrected chi connectivity index (χ0v) is 9.06. The van der Waals surface area contributed by atoms with Gasteiger partial charge in [-0.05, 0) is 6.07 Å². The number of rotatable bonds is 3. The van der Waals surface area contributed by atoms with Crippen LogP contribution in [0.1, 0.15) is 0 Å². The predicted octanol–water partition coefficient (Wildman–Crippen LogP) is 1.84. The first kappa shape index (κ1) is 11.7. The SMILES string of the molecule is COCCOC.c1ccc2[nH]ncc2c1. The lowest BCUT2D eigenvalue weighted by atomic mass is 10.3. The number of benzene rings is 1. The van der Waals surface area contributed by atoms with Crippen LogP contribution in [0.25, 0.3) is 10.9 Å². The molecule has 0 unspecified atom stereocenters. The van der Waals surface area contributed by atoms with E-state index in [0.717, 1.165) is 10.9 Å². The Labute approximate surface area is 89.2 Å². The molecule has 2 rings (SSSR count). The van der Waals surface area contributed by atoms with Crippen LogP contribution in [-0.2, 0) is 9.47 Å². The van der Waals surface area contributed by atoms with E-state index < -0.39 is 0 Å². The van der Waals surface area contributed by atoms with Gasteiger partial charge >= 0.3 is 0 Å². The molecule has 0 saturated carbocycles. The third kappa shape index (κ3) is 4.10. The van der Waals surface area contributed by atoms with Gasteiger partial charge in [0.15, 0.2) is 0 Å². The lowest BCUT2D eigenvalue weighted by molar-refractivity contribution is 0.103. The van der Waals surface area contributed by atoms with Gasteiger partial charge in [0.05, 0.1) is 24.9 Å². The van der Waals surface area contributed by atoms with Crippen molar-refractivity contribution in [2.24, 2.45) is 0 Å². The molecule has 0 amide bonds. The Balaban J connectivity index is 0.000000167. The van der Waals surface area contributed by atoms with Crippen LogP contribution in [0.15, 0.2) is 30.5 Å². The summed E-state index contributed by atoms with van der Waals surface area (Å²) in [5, 5.41) is 7.91. The quantitative estimate of drug-likeness (QED) is 0.783. The maximum atomic E-state index is 4.66. The van der Waals surface area contributed by atoms with Crippen molar-refractivity contribution in [3.8, 4) is 0 Å². The Morgan fingerprint density at radius 1 is 1.13 bits per heavy atom. The van der Waals surface area contributed by atoms with Crippen molar-refractivity contribution in [1.82, 2.24) is 10.2 Å². The highest BCUT2D eigenvalue weighted by Gasteiger charge is 1.88. The van der Waals surface area contributed by atoms with Crippen LogP contribution in [0, 0.1) is 0 Å². The molecule has 0 spiro atoms. The van der Waals surface area contributed by atoms with Gasteiger partial charge in [-0.1, -0.05) is 18.2 Å². The topological polar surface area (TPSA) is 47.1 Å². The van der Waals surface area contributed by atoms with Crippen LogP contribution in [0.2, 0.25) is 0 Å². The van der Waals surface area contributed by atoms with Crippen LogP contribution < -0.4 is 0 Å². The van der Waals surface area contributed by atoms with Gasteiger partial charge in [0.25, 0.3) is 0 Å². The van der Waals surface area contributed by atoms with E-state index in [4.69, 9.17) is 0 Å². The van der Waals surface area contributed by atoms with Gasteiger partial charge in [-0.3, -0.25) is 5.10 Å². The summed E-state index contributed by atoms with van der Waals surface area (Å²) in [5.41, 5.74) is 1.09. The van der Waals surface area contributed by atoms with Crippen molar-refractivity contribution in [1.29, 1.82) is 0 Å². The van der Waals surface area contributed by atoms with Crippen molar-refractivity contribution in [2.45, 2.75) is 0 Å². The van der Waals surface area contributed by atoms with Crippen molar-refractivity contribution in [2.75, 3.05) is 27.4 Å². The minimum absolute atomic E-state index is 0.691. The van der Waals surface area contributed by atoms with E-state index in [1.54, 1.807) is 14.2 Å². The summed E-state index contributed by atoms with van der Waals surface area (Å²) in [7, 11) is 3.30. The van der Waals surface area contributed by atoms with Crippen LogP contribution >= 0.6 is 0 Å². The molecule has 0 fully saturated rings. The largest absolute Gasteiger partial charge is 0.382 e. The van der Waals surface area contributed by atoms with Gasteiger partial charge in [0, 0.05) is 19.6 Å². The molecule has 4 heteroatoms. The molecule has 4 nitrogen and oxygen atoms in total. The van der Waals surface area contributed by atoms with Crippen molar-refractivity contribution in [3.63, 3.8) is 0 Å². The minimum atomic E-state index is 0.691. The summed E-state index contributed by atoms with van der Waals surface area (Å²) in [4.78, 5) is 0. The maximum Gasteiger partial charge on any atom is 0.0696 e. The molecule has 0 aliphatic rings. The third-order valence-electron chi connectivity index (χ3n) is 1.84. The number of methoxy groups -OCH3 is 2. The van der Waals surface area contributed by atoms with Crippen LogP contribution in [-0.4, -0.2) is 37.6 Å². The van der Waals surface area contributed by atoms with E-state index in [9.17, 15) is 0 Å². The van der Waals surface area contributed by atoms with E-state index in [2.05, 4.69) is 19.7 Å². The Hall–Kier alpha value is -1.39. The van der Waals surface area contributed by atoms with Crippen molar-refractivity contribution >= 4 is 10.9 Å². The average Bonchev–Trinajstić information content (AvgIpc) is 2.75. The number of hydrogen-bond acceptors (Lipinski definition) is 3. The van der Waals surface area contributed by atoms with Gasteiger partial charge in [0.1, 0.15) is 0 Å². The summed E-state index contributed by atoms with van der Waals surface area (Å²) < 4.78 is 9.31. The summed E-state index contributed by atoms with van der Waals surface area (Å²) in [6.07, 6.45) is 1.81. The first-order chi connectivity index (χ1) is 7.38. The van der Waals surface area contributed by atoms with Gasteiger partial charge < -0.3 is 9.47 Å². The van der Waals surface area contributed by atoms with Crippen LogP contribution in [0.4, 0.5) is 0 Å². The lowest BCUT2D eigenvalue weighted by Gasteiger charge is -1.91. The molecule has 1 aromatic carbocycles. The smallest absolute Gasteiger partial charge is 0.0696 e. The second-order valence-corrected chi connectivity index (χ2v) is 2.94. The number of ether oxygens (including phenoxy) is 2. The van der Waals surface area contributed by atoms with E-state index in [1.165, 1.54) is 0 Å². The summed E-state index contributed by atoms with van der Waals surface area (Å²) in [6.45, 7) is 1.38. The highest BCUT2D eigenvalue weighted by molar-refractivity contribution is 5.77. The van der Waals surface area contributed by atoms with E-state index in [1.807, 2.05) is 30.5 Å². The molecule has 0 aliphatic carbocycles. The fourth-order valence-corrected chi connectivity index (χ4v) is 1.05. The molecule has 82 valence electrons. The van der Waals surface area contributed by atoms with Gasteiger partial charge in [0.2, 0.25) is 0 Å². The molecule has 0 saturated heterocycles. The number of H-pyrrole nitrogens is 1. The molecule has 2 aromatic rings. The van der Waals surface area contributed by atoms with Gasteiger partial charge in [-0.25, -0.2) is 0 Å². The molecule has 1 heterocycles. The van der Waals surface area contributed by atoms with Gasteiger partial charge in [-0.15, -0.1) is 0 Å². The number of fused-ring (bicyclic) bond motifs is 1. The number of nitrogens with one attached hydrogen (secondary N) is 1. The molecule has 1 N–H and O–H groups in total. The summed E-state index contributed by atoms with van der Waals surface area (Å²) >= 11 is 0. The van der Waals surface area contributed by atoms with Crippen molar-refractivity contribution < 1.29 is 9.47 Å². The molecule has 0 aliphatic heterocycles. The molecule has 0 atom stereocenters. The number of para-hydroxylation sites is 1. The van der Waals surface area contributed by atoms with Crippen LogP contribution in [0.5, 0.6) is 0 Å². The Morgan fingerprint density at radius 2 is 1.80 bits per heavy atom. The zero-order valence-electron chi connectivity index (χ0n) is 9.06. The molecular formula is C11H16N2O2. The number of nitrogens with zero attached hydrogens (tertiary/aromatic N) is 1. The standard InChI is InChI=1S/C7H6N2.C4H10O2/c1-2-4-7-6(3-1)5-8-9-7;1-5-3-4-6-2/h1-5H,(H,8,9);3-4H2,1-2H3. The van der Waals surface area contributed by atoms with E-state index in [-0.39, 0.29) is 0 Å². The minimum Gasteiger partial charge on any atom is -0.382 e. The summed E-state index contributed by atoms with van der Waals surface area (Å²) in [5.74, 6) is 0. The Bertz CT molecular complexity index is 339. The normalized spacial score (nSPS) is 9.73. The molecule has 1 aromatic heterocycles. The van der Waals surface area contributed by atoms with E-state index in [0.29, 0.717) is 13.2 Å². The number of aromatic nitrogens is 2. The van der Waals surface area contributed by atoms with Crippen LogP contribution in [0.3, 0.4) is 0 Å². The second-order valence-electron chi connectivity index (χ2n) is 2.94. The summed E-state index contributed by atoms with van der Waals surface area (Å²) in [6, 6.07) is 8.01. The van der Waals surface area contributed by atoms with E-state index >= 15 is 0 Å². The predicted molar refractivity (Wildman–Crippen MR) is 59.8 cm³/mol. The first-order valence-corrected chi connectivity index (χ1v) is 4.74. The van der Waals surface area contributed by atoms with Gasteiger partial charge in [-0.2, -0.15) is 5.10 Å². The Morgan fingerprint density at radius 3 is 2.40 bits per heavy atom. The second kappa shape index (κ2) is 6.98. The average molecular weight is 208 g/mol. The Kier molecular flexibility index (Phi) is 5.43. The fourth-order valence-electron chi connectivity index (χ4n) is 1.05. The monoisotopic (exact) mass is 208 g/mol. The third-order valence-corrected chi connectivity index (χ3v) is 1.84. The lowest BCUT2D eigenvalue weighted by Crippen LogP contribution is -1.96. The molecule has 0 radical (unpaired) electrons.